The Labute approximate surface area is 231 Å². The Morgan fingerprint density at radius 2 is 1.67 bits per heavy atom. The van der Waals surface area contributed by atoms with Crippen LogP contribution in [0.2, 0.25) is 0 Å². The number of ether oxygens (including phenoxy) is 2. The second-order valence-corrected chi connectivity index (χ2v) is 11.9. The highest BCUT2D eigenvalue weighted by molar-refractivity contribution is 5.57. The van der Waals surface area contributed by atoms with Crippen molar-refractivity contribution >= 4 is 11.3 Å². The van der Waals surface area contributed by atoms with Crippen LogP contribution in [0.25, 0.3) is 5.65 Å². The molecule has 0 unspecified atom stereocenters. The summed E-state index contributed by atoms with van der Waals surface area (Å²) in [5.74, 6) is 3.10. The van der Waals surface area contributed by atoms with Gasteiger partial charge in [-0.3, -0.25) is 4.40 Å². The average molecular weight is 526 g/mol. The number of hydrogen-bond acceptors (Lipinski definition) is 6. The van der Waals surface area contributed by atoms with Gasteiger partial charge in [-0.25, -0.2) is 9.97 Å². The van der Waals surface area contributed by atoms with E-state index in [1.165, 1.54) is 0 Å². The summed E-state index contributed by atoms with van der Waals surface area (Å²) in [5, 5.41) is 0. The Hall–Kier alpha value is -4.00. The minimum atomic E-state index is -0.0193. The van der Waals surface area contributed by atoms with Gasteiger partial charge in [-0.05, 0) is 41.0 Å². The van der Waals surface area contributed by atoms with Crippen molar-refractivity contribution < 1.29 is 9.47 Å². The minimum Gasteiger partial charge on any atom is -0.457 e. The van der Waals surface area contributed by atoms with Gasteiger partial charge < -0.3 is 19.3 Å². The van der Waals surface area contributed by atoms with E-state index in [0.717, 1.165) is 40.7 Å². The summed E-state index contributed by atoms with van der Waals surface area (Å²) < 4.78 is 15.0. The van der Waals surface area contributed by atoms with Gasteiger partial charge >= 0.3 is 0 Å². The van der Waals surface area contributed by atoms with Crippen molar-refractivity contribution in [2.45, 2.75) is 65.7 Å². The van der Waals surface area contributed by atoms with Gasteiger partial charge in [0.1, 0.15) is 17.1 Å². The van der Waals surface area contributed by atoms with Crippen LogP contribution in [0, 0.1) is 0 Å². The fourth-order valence-electron chi connectivity index (χ4n) is 4.86. The zero-order valence-electron chi connectivity index (χ0n) is 24.3. The first-order valence-corrected chi connectivity index (χ1v) is 13.6. The number of rotatable bonds is 7. The topological polar surface area (TPSA) is 55.1 Å². The molecular formula is C32H39N5O2. The maximum Gasteiger partial charge on any atom is 0.221 e. The highest BCUT2D eigenvalue weighted by atomic mass is 16.5. The van der Waals surface area contributed by atoms with Gasteiger partial charge in [0, 0.05) is 55.6 Å². The highest BCUT2D eigenvalue weighted by Crippen LogP contribution is 2.37. The molecule has 39 heavy (non-hydrogen) atoms. The van der Waals surface area contributed by atoms with Gasteiger partial charge in [-0.15, -0.1) is 0 Å². The van der Waals surface area contributed by atoms with Gasteiger partial charge in [-0.1, -0.05) is 54.5 Å². The largest absolute Gasteiger partial charge is 0.457 e. The summed E-state index contributed by atoms with van der Waals surface area (Å²) in [6.45, 7) is 16.1. The summed E-state index contributed by atoms with van der Waals surface area (Å²) >= 11 is 0. The molecule has 3 aromatic heterocycles. The fraction of sp³-hybridized carbons (Fsp3) is 0.375. The number of anilines is 1. The molecule has 1 aromatic carbocycles. The third kappa shape index (κ3) is 5.58. The standard InChI is InChI=1S/C32H39N5O2/c1-21(2)30-31(22(3)4)37-27(34-30)18-26(19-29(37)39-28-16-23(12-13-33-28)32(5,6)7)38-25-11-9-10-24(17-25)36-15-14-35(8)20-36/h9-19,21-22H,20H2,1-8H3. The second-order valence-electron chi connectivity index (χ2n) is 11.9. The lowest BCUT2D eigenvalue weighted by Gasteiger charge is -2.20. The molecule has 0 atom stereocenters. The van der Waals surface area contributed by atoms with Crippen LogP contribution in [0.1, 0.15) is 77.3 Å². The van der Waals surface area contributed by atoms with Crippen LogP contribution >= 0.6 is 0 Å². The lowest BCUT2D eigenvalue weighted by atomic mass is 9.88. The number of aromatic nitrogens is 3. The van der Waals surface area contributed by atoms with E-state index in [1.807, 2.05) is 42.5 Å². The van der Waals surface area contributed by atoms with Crippen molar-refractivity contribution in [1.82, 2.24) is 19.3 Å². The van der Waals surface area contributed by atoms with Crippen molar-refractivity contribution in [3.63, 3.8) is 0 Å². The van der Waals surface area contributed by atoms with Gasteiger partial charge in [0.25, 0.3) is 0 Å². The Bertz CT molecular complexity index is 1510. The van der Waals surface area contributed by atoms with E-state index in [2.05, 4.69) is 93.2 Å². The molecule has 0 radical (unpaired) electrons. The second kappa shape index (κ2) is 10.3. The lowest BCUT2D eigenvalue weighted by molar-refractivity contribution is 0.423. The highest BCUT2D eigenvalue weighted by Gasteiger charge is 2.23. The maximum atomic E-state index is 6.52. The number of hydrogen-bond donors (Lipinski definition) is 0. The first kappa shape index (κ1) is 26.6. The van der Waals surface area contributed by atoms with Crippen molar-refractivity contribution in [3.8, 4) is 23.3 Å². The van der Waals surface area contributed by atoms with Crippen LogP contribution < -0.4 is 14.4 Å². The Balaban J connectivity index is 1.58. The van der Waals surface area contributed by atoms with Crippen molar-refractivity contribution in [3.05, 3.63) is 84.1 Å². The number of benzene rings is 1. The molecule has 4 heterocycles. The average Bonchev–Trinajstić information content (AvgIpc) is 3.48. The van der Waals surface area contributed by atoms with Gasteiger partial charge in [-0.2, -0.15) is 0 Å². The predicted octanol–water partition coefficient (Wildman–Crippen LogP) is 8.04. The third-order valence-corrected chi connectivity index (χ3v) is 6.89. The van der Waals surface area contributed by atoms with Crippen molar-refractivity contribution in [2.75, 3.05) is 18.6 Å². The van der Waals surface area contributed by atoms with Crippen LogP contribution in [-0.2, 0) is 5.41 Å². The molecule has 1 aliphatic heterocycles. The number of pyridine rings is 2. The van der Waals surface area contributed by atoms with E-state index in [9.17, 15) is 0 Å². The smallest absolute Gasteiger partial charge is 0.221 e. The lowest BCUT2D eigenvalue weighted by Crippen LogP contribution is -2.21. The molecule has 204 valence electrons. The molecule has 7 nitrogen and oxygen atoms in total. The summed E-state index contributed by atoms with van der Waals surface area (Å²) in [6, 6.07) is 16.1. The zero-order valence-corrected chi connectivity index (χ0v) is 24.3. The van der Waals surface area contributed by atoms with Gasteiger partial charge in [0.2, 0.25) is 11.8 Å². The van der Waals surface area contributed by atoms with E-state index < -0.39 is 0 Å². The van der Waals surface area contributed by atoms with Crippen LogP contribution in [0.4, 0.5) is 5.69 Å². The Morgan fingerprint density at radius 1 is 0.872 bits per heavy atom. The van der Waals surface area contributed by atoms with E-state index in [0.29, 0.717) is 17.5 Å². The van der Waals surface area contributed by atoms with Crippen LogP contribution in [-0.4, -0.2) is 33.0 Å². The first-order valence-electron chi connectivity index (χ1n) is 13.6. The molecule has 1 aliphatic rings. The normalized spacial score (nSPS) is 13.8. The molecule has 0 aliphatic carbocycles. The molecule has 0 spiro atoms. The van der Waals surface area contributed by atoms with E-state index >= 15 is 0 Å². The van der Waals surface area contributed by atoms with Crippen molar-refractivity contribution in [1.29, 1.82) is 0 Å². The summed E-state index contributed by atoms with van der Waals surface area (Å²) in [5.41, 5.74) is 5.21. The molecule has 4 aromatic rings. The molecule has 0 saturated carbocycles. The molecule has 5 rings (SSSR count). The Morgan fingerprint density at radius 3 is 2.33 bits per heavy atom. The Kier molecular flexibility index (Phi) is 7.02. The molecule has 0 amide bonds. The summed E-state index contributed by atoms with van der Waals surface area (Å²) in [6.07, 6.45) is 5.94. The molecule has 0 N–H and O–H groups in total. The van der Waals surface area contributed by atoms with Crippen LogP contribution in [0.3, 0.4) is 0 Å². The maximum absolute atomic E-state index is 6.52. The number of imidazole rings is 1. The summed E-state index contributed by atoms with van der Waals surface area (Å²) in [7, 11) is 2.06. The predicted molar refractivity (Wildman–Crippen MR) is 157 cm³/mol. The van der Waals surface area contributed by atoms with Crippen LogP contribution in [0.15, 0.2) is 67.1 Å². The molecule has 0 fully saturated rings. The molecule has 0 bridgehead atoms. The van der Waals surface area contributed by atoms with E-state index in [1.54, 1.807) is 6.20 Å². The molecular weight excluding hydrogens is 486 g/mol. The van der Waals surface area contributed by atoms with E-state index in [-0.39, 0.29) is 17.3 Å². The van der Waals surface area contributed by atoms with Crippen molar-refractivity contribution in [2.24, 2.45) is 0 Å². The van der Waals surface area contributed by atoms with Gasteiger partial charge in [0.05, 0.1) is 18.1 Å². The molecule has 0 saturated heterocycles. The minimum absolute atomic E-state index is 0.0193. The number of nitrogens with zero attached hydrogens (tertiary/aromatic N) is 5. The monoisotopic (exact) mass is 525 g/mol. The summed E-state index contributed by atoms with van der Waals surface area (Å²) in [4.78, 5) is 13.9. The number of fused-ring (bicyclic) bond motifs is 1. The third-order valence-electron chi connectivity index (χ3n) is 6.89. The fourth-order valence-corrected chi connectivity index (χ4v) is 4.86. The van der Waals surface area contributed by atoms with E-state index in [4.69, 9.17) is 14.5 Å². The first-order chi connectivity index (χ1) is 18.5. The van der Waals surface area contributed by atoms with Gasteiger partial charge in [0.15, 0.2) is 0 Å². The SMILES string of the molecule is CC(C)c1nc2cc(Oc3cccc(N4C=CN(C)C4)c3)cc(Oc3cc(C(C)(C)C)ccn3)n2c1C(C)C. The zero-order chi connectivity index (χ0) is 27.9. The molecule has 7 heteroatoms. The quantitative estimate of drug-likeness (QED) is 0.243. The van der Waals surface area contributed by atoms with Crippen LogP contribution in [0.5, 0.6) is 23.3 Å².